The third-order valence-electron chi connectivity index (χ3n) is 2.99. The first kappa shape index (κ1) is 16.5. The minimum absolute atomic E-state index is 0.162. The second kappa shape index (κ2) is 7.91. The Morgan fingerprint density at radius 1 is 1.40 bits per heavy atom. The normalized spacial score (nSPS) is 13.8. The van der Waals surface area contributed by atoms with Gasteiger partial charge in [0, 0.05) is 19.3 Å². The van der Waals surface area contributed by atoms with Gasteiger partial charge in [-0.15, -0.1) is 0 Å². The first-order chi connectivity index (χ1) is 9.47. The summed E-state index contributed by atoms with van der Waals surface area (Å²) in [6.45, 7) is 2.03. The number of nitrogens with two attached hydrogens (primary N) is 1. The van der Waals surface area contributed by atoms with Gasteiger partial charge >= 0.3 is 0 Å². The van der Waals surface area contributed by atoms with E-state index in [2.05, 4.69) is 5.32 Å². The SMILES string of the molecule is COCCCC(N)C(=O)NC(C)c1c(F)cccc1F. The van der Waals surface area contributed by atoms with Gasteiger partial charge in [0.2, 0.25) is 5.91 Å². The third kappa shape index (κ3) is 4.54. The number of carbonyl (C=O) groups excluding carboxylic acids is 1. The van der Waals surface area contributed by atoms with E-state index < -0.39 is 29.6 Å². The third-order valence-corrected chi connectivity index (χ3v) is 2.99. The largest absolute Gasteiger partial charge is 0.385 e. The number of rotatable bonds is 7. The van der Waals surface area contributed by atoms with Crippen LogP contribution in [0.5, 0.6) is 0 Å². The predicted octanol–water partition coefficient (Wildman–Crippen LogP) is 1.90. The lowest BCUT2D eigenvalue weighted by atomic mass is 10.1. The molecular weight excluding hydrogens is 266 g/mol. The summed E-state index contributed by atoms with van der Waals surface area (Å²) in [5.41, 5.74) is 5.54. The maximum atomic E-state index is 13.6. The Morgan fingerprint density at radius 2 is 2.00 bits per heavy atom. The molecule has 1 aromatic rings. The molecule has 3 N–H and O–H groups in total. The minimum Gasteiger partial charge on any atom is -0.385 e. The summed E-state index contributed by atoms with van der Waals surface area (Å²) in [4.78, 5) is 11.8. The average molecular weight is 286 g/mol. The number of hydrogen-bond donors (Lipinski definition) is 2. The van der Waals surface area contributed by atoms with Gasteiger partial charge in [0.1, 0.15) is 11.6 Å². The van der Waals surface area contributed by atoms with Gasteiger partial charge in [0.15, 0.2) is 0 Å². The first-order valence-corrected chi connectivity index (χ1v) is 6.46. The summed E-state index contributed by atoms with van der Waals surface area (Å²) in [5, 5.41) is 2.52. The monoisotopic (exact) mass is 286 g/mol. The van der Waals surface area contributed by atoms with E-state index >= 15 is 0 Å². The van der Waals surface area contributed by atoms with E-state index in [1.807, 2.05) is 0 Å². The van der Waals surface area contributed by atoms with Crippen molar-refractivity contribution in [2.75, 3.05) is 13.7 Å². The molecule has 1 aromatic carbocycles. The molecule has 0 heterocycles. The topological polar surface area (TPSA) is 64.3 Å². The molecule has 0 aliphatic rings. The maximum Gasteiger partial charge on any atom is 0.237 e. The van der Waals surface area contributed by atoms with E-state index in [1.165, 1.54) is 13.0 Å². The summed E-state index contributed by atoms with van der Waals surface area (Å²) < 4.78 is 32.0. The van der Waals surface area contributed by atoms with Crippen molar-refractivity contribution in [3.8, 4) is 0 Å². The van der Waals surface area contributed by atoms with Crippen LogP contribution < -0.4 is 11.1 Å². The van der Waals surface area contributed by atoms with Crippen LogP contribution >= 0.6 is 0 Å². The van der Waals surface area contributed by atoms with Crippen LogP contribution in [0.4, 0.5) is 8.78 Å². The zero-order valence-electron chi connectivity index (χ0n) is 11.7. The molecule has 0 aliphatic carbocycles. The predicted molar refractivity (Wildman–Crippen MR) is 72.0 cm³/mol. The number of carbonyl (C=O) groups is 1. The van der Waals surface area contributed by atoms with Crippen molar-refractivity contribution in [1.82, 2.24) is 5.32 Å². The van der Waals surface area contributed by atoms with Crippen molar-refractivity contribution < 1.29 is 18.3 Å². The summed E-state index contributed by atoms with van der Waals surface area (Å²) >= 11 is 0. The van der Waals surface area contributed by atoms with Crippen LogP contribution in [0.3, 0.4) is 0 Å². The zero-order chi connectivity index (χ0) is 15.1. The lowest BCUT2D eigenvalue weighted by molar-refractivity contribution is -0.123. The highest BCUT2D eigenvalue weighted by atomic mass is 19.1. The summed E-state index contributed by atoms with van der Waals surface area (Å²) in [6, 6.07) is 2.08. The molecule has 2 unspecified atom stereocenters. The Kier molecular flexibility index (Phi) is 6.54. The second-order valence-corrected chi connectivity index (χ2v) is 4.61. The smallest absolute Gasteiger partial charge is 0.237 e. The van der Waals surface area contributed by atoms with Gasteiger partial charge in [0.05, 0.1) is 12.1 Å². The first-order valence-electron chi connectivity index (χ1n) is 6.46. The van der Waals surface area contributed by atoms with E-state index in [4.69, 9.17) is 10.5 Å². The molecule has 20 heavy (non-hydrogen) atoms. The molecule has 0 aromatic heterocycles. The molecule has 0 bridgehead atoms. The zero-order valence-corrected chi connectivity index (χ0v) is 11.7. The van der Waals surface area contributed by atoms with Crippen LogP contribution in [0.2, 0.25) is 0 Å². The standard InChI is InChI=1S/C14H20F2N2O2/c1-9(13-10(15)5-3-6-11(13)16)18-14(19)12(17)7-4-8-20-2/h3,5-6,9,12H,4,7-8,17H2,1-2H3,(H,18,19). The van der Waals surface area contributed by atoms with Gasteiger partial charge in [-0.25, -0.2) is 8.78 Å². The summed E-state index contributed by atoms with van der Waals surface area (Å²) in [7, 11) is 1.56. The fraction of sp³-hybridized carbons (Fsp3) is 0.500. The van der Waals surface area contributed by atoms with Gasteiger partial charge in [-0.1, -0.05) is 6.07 Å². The second-order valence-electron chi connectivity index (χ2n) is 4.61. The molecule has 1 rings (SSSR count). The number of halogens is 2. The Bertz CT molecular complexity index is 435. The number of methoxy groups -OCH3 is 1. The van der Waals surface area contributed by atoms with Crippen molar-refractivity contribution in [3.63, 3.8) is 0 Å². The molecule has 0 fully saturated rings. The summed E-state index contributed by atoms with van der Waals surface area (Å²) in [5.74, 6) is -1.81. The Morgan fingerprint density at radius 3 is 2.55 bits per heavy atom. The molecular formula is C14H20F2N2O2. The van der Waals surface area contributed by atoms with Crippen molar-refractivity contribution in [2.45, 2.75) is 31.8 Å². The van der Waals surface area contributed by atoms with Crippen molar-refractivity contribution in [3.05, 3.63) is 35.4 Å². The average Bonchev–Trinajstić information content (AvgIpc) is 2.38. The molecule has 4 nitrogen and oxygen atoms in total. The number of hydrogen-bond acceptors (Lipinski definition) is 3. The van der Waals surface area contributed by atoms with Crippen molar-refractivity contribution in [2.24, 2.45) is 5.73 Å². The molecule has 0 radical (unpaired) electrons. The number of benzene rings is 1. The number of ether oxygens (including phenoxy) is 1. The highest BCUT2D eigenvalue weighted by molar-refractivity contribution is 5.81. The highest BCUT2D eigenvalue weighted by Gasteiger charge is 2.20. The van der Waals surface area contributed by atoms with Crippen molar-refractivity contribution >= 4 is 5.91 Å². The van der Waals surface area contributed by atoms with Gasteiger partial charge in [-0.3, -0.25) is 4.79 Å². The summed E-state index contributed by atoms with van der Waals surface area (Å²) in [6.07, 6.45) is 1.10. The molecule has 1 amide bonds. The Labute approximate surface area is 117 Å². The molecule has 0 saturated heterocycles. The van der Waals surface area contributed by atoms with E-state index in [-0.39, 0.29) is 5.56 Å². The lowest BCUT2D eigenvalue weighted by Crippen LogP contribution is -2.42. The van der Waals surface area contributed by atoms with Gasteiger partial charge in [0.25, 0.3) is 0 Å². The van der Waals surface area contributed by atoms with Gasteiger partial charge in [-0.05, 0) is 31.9 Å². The molecule has 0 spiro atoms. The van der Waals surface area contributed by atoms with Gasteiger partial charge < -0.3 is 15.8 Å². The number of nitrogens with one attached hydrogen (secondary N) is 1. The molecule has 0 saturated carbocycles. The van der Waals surface area contributed by atoms with Crippen LogP contribution in [0.25, 0.3) is 0 Å². The van der Waals surface area contributed by atoms with Crippen LogP contribution in [0, 0.1) is 11.6 Å². The van der Waals surface area contributed by atoms with Crippen LogP contribution in [0.15, 0.2) is 18.2 Å². The Balaban J connectivity index is 2.61. The van der Waals surface area contributed by atoms with Crippen LogP contribution in [0.1, 0.15) is 31.4 Å². The van der Waals surface area contributed by atoms with E-state index in [9.17, 15) is 13.6 Å². The van der Waals surface area contributed by atoms with Crippen LogP contribution in [-0.4, -0.2) is 25.7 Å². The minimum atomic E-state index is -0.780. The van der Waals surface area contributed by atoms with E-state index in [0.29, 0.717) is 19.4 Å². The molecule has 6 heteroatoms. The molecule has 112 valence electrons. The van der Waals surface area contributed by atoms with Gasteiger partial charge in [-0.2, -0.15) is 0 Å². The maximum absolute atomic E-state index is 13.6. The lowest BCUT2D eigenvalue weighted by Gasteiger charge is -2.18. The fourth-order valence-electron chi connectivity index (χ4n) is 1.90. The number of amides is 1. The van der Waals surface area contributed by atoms with E-state index in [1.54, 1.807) is 7.11 Å². The highest BCUT2D eigenvalue weighted by Crippen LogP contribution is 2.20. The quantitative estimate of drug-likeness (QED) is 0.752. The Hall–Kier alpha value is -1.53. The van der Waals surface area contributed by atoms with Crippen LogP contribution in [-0.2, 0) is 9.53 Å². The fourth-order valence-corrected chi connectivity index (χ4v) is 1.90. The van der Waals surface area contributed by atoms with E-state index in [0.717, 1.165) is 12.1 Å². The molecule has 0 aliphatic heterocycles. The van der Waals surface area contributed by atoms with Crippen molar-refractivity contribution in [1.29, 1.82) is 0 Å². The molecule has 2 atom stereocenters.